The molecule has 0 atom stereocenters. The summed E-state index contributed by atoms with van der Waals surface area (Å²) in [7, 11) is 0. The molecule has 2 heteroatoms. The van der Waals surface area contributed by atoms with E-state index in [2.05, 4.69) is 11.8 Å². The molecule has 0 bridgehead atoms. The van der Waals surface area contributed by atoms with Crippen molar-refractivity contribution in [2.75, 3.05) is 32.8 Å². The number of hydrogen-bond donors (Lipinski definition) is 0. The molecule has 1 saturated heterocycles. The van der Waals surface area contributed by atoms with E-state index in [0.717, 1.165) is 38.1 Å². The number of ether oxygens (including phenoxy) is 1. The Bertz CT molecular complexity index is 158. The maximum atomic E-state index is 5.36. The van der Waals surface area contributed by atoms with Gasteiger partial charge in [-0.25, -0.2) is 0 Å². The van der Waals surface area contributed by atoms with E-state index < -0.39 is 0 Å². The number of nitrogens with zero attached hydrogens (tertiary/aromatic N) is 1. The summed E-state index contributed by atoms with van der Waals surface area (Å²) in [6.07, 6.45) is 5.82. The van der Waals surface area contributed by atoms with Crippen LogP contribution in [0.1, 0.15) is 46.5 Å². The van der Waals surface area contributed by atoms with Crippen molar-refractivity contribution in [3.63, 3.8) is 0 Å². The highest BCUT2D eigenvalue weighted by Gasteiger charge is 2.21. The van der Waals surface area contributed by atoms with Crippen LogP contribution in [0.3, 0.4) is 0 Å². The molecule has 0 unspecified atom stereocenters. The van der Waals surface area contributed by atoms with E-state index in [1.165, 1.54) is 32.2 Å². The molecule has 16 heavy (non-hydrogen) atoms. The first-order chi connectivity index (χ1) is 7.84. The minimum Gasteiger partial charge on any atom is -0.379 e. The van der Waals surface area contributed by atoms with Crippen molar-refractivity contribution in [1.82, 2.24) is 4.90 Å². The highest BCUT2D eigenvalue weighted by Crippen LogP contribution is 2.28. The molecule has 0 spiro atoms. The Morgan fingerprint density at radius 1 is 1.00 bits per heavy atom. The Hall–Kier alpha value is -0.0800. The number of morpholine rings is 1. The average molecular weight is 227 g/mol. The molecule has 2 nitrogen and oxygen atoms in total. The minimum absolute atomic E-state index is 0.948. The summed E-state index contributed by atoms with van der Waals surface area (Å²) >= 11 is 0. The maximum Gasteiger partial charge on any atom is 0.0594 e. The monoisotopic (exact) mass is 227 g/mol. The van der Waals surface area contributed by atoms with E-state index >= 15 is 0 Å². The molecule has 0 aromatic rings. The van der Waals surface area contributed by atoms with Gasteiger partial charge in [0.2, 0.25) is 0 Å². The molecule has 2 fully saturated rings. The lowest BCUT2D eigenvalue weighted by atomic mass is 9.83. The van der Waals surface area contributed by atoms with Gasteiger partial charge in [0.05, 0.1) is 13.2 Å². The average Bonchev–Trinajstić information content (AvgIpc) is 2.36. The van der Waals surface area contributed by atoms with E-state index in [1.807, 2.05) is 13.8 Å². The Morgan fingerprint density at radius 2 is 1.56 bits per heavy atom. The highest BCUT2D eigenvalue weighted by molar-refractivity contribution is 4.74. The van der Waals surface area contributed by atoms with Gasteiger partial charge < -0.3 is 4.74 Å². The van der Waals surface area contributed by atoms with Crippen molar-refractivity contribution >= 4 is 0 Å². The van der Waals surface area contributed by atoms with Gasteiger partial charge in [-0.2, -0.15) is 0 Å². The van der Waals surface area contributed by atoms with E-state index in [-0.39, 0.29) is 0 Å². The van der Waals surface area contributed by atoms with Crippen molar-refractivity contribution in [3.05, 3.63) is 0 Å². The summed E-state index contributed by atoms with van der Waals surface area (Å²) in [4.78, 5) is 2.59. The van der Waals surface area contributed by atoms with E-state index in [4.69, 9.17) is 4.74 Å². The molecule has 2 aliphatic rings. The predicted octanol–water partition coefficient (Wildman–Crippen LogP) is 3.17. The van der Waals surface area contributed by atoms with Gasteiger partial charge in [0.25, 0.3) is 0 Å². The number of rotatable bonds is 2. The Kier molecular flexibility index (Phi) is 7.06. The minimum atomic E-state index is 0.948. The summed E-state index contributed by atoms with van der Waals surface area (Å²) in [6.45, 7) is 11.9. The highest BCUT2D eigenvalue weighted by atomic mass is 16.5. The van der Waals surface area contributed by atoms with Crippen LogP contribution in [0.15, 0.2) is 0 Å². The van der Waals surface area contributed by atoms with Gasteiger partial charge in [0, 0.05) is 19.6 Å². The molecule has 0 aromatic carbocycles. The molecular weight excluding hydrogens is 198 g/mol. The van der Waals surface area contributed by atoms with E-state index in [0.29, 0.717) is 0 Å². The molecule has 1 aliphatic carbocycles. The molecule has 2 rings (SSSR count). The van der Waals surface area contributed by atoms with Crippen molar-refractivity contribution in [2.24, 2.45) is 11.8 Å². The van der Waals surface area contributed by atoms with Crippen LogP contribution in [-0.2, 0) is 4.74 Å². The Balaban J connectivity index is 0.000000606. The van der Waals surface area contributed by atoms with Crippen LogP contribution < -0.4 is 0 Å². The van der Waals surface area contributed by atoms with Crippen LogP contribution in [0.5, 0.6) is 0 Å². The fraction of sp³-hybridized carbons (Fsp3) is 1.00. The predicted molar refractivity (Wildman–Crippen MR) is 69.7 cm³/mol. The van der Waals surface area contributed by atoms with Crippen molar-refractivity contribution in [1.29, 1.82) is 0 Å². The van der Waals surface area contributed by atoms with Gasteiger partial charge in [-0.05, 0) is 24.7 Å². The molecule has 0 N–H and O–H groups in total. The van der Waals surface area contributed by atoms with Gasteiger partial charge in [-0.15, -0.1) is 0 Å². The molecule has 1 saturated carbocycles. The summed E-state index contributed by atoms with van der Waals surface area (Å²) in [5, 5.41) is 0. The molecule has 0 radical (unpaired) electrons. The molecule has 96 valence electrons. The van der Waals surface area contributed by atoms with Crippen LogP contribution in [0.4, 0.5) is 0 Å². The van der Waals surface area contributed by atoms with E-state index in [9.17, 15) is 0 Å². The lowest BCUT2D eigenvalue weighted by Gasteiger charge is -2.33. The summed E-state index contributed by atoms with van der Waals surface area (Å²) in [5.74, 6) is 1.96. The summed E-state index contributed by atoms with van der Waals surface area (Å²) < 4.78 is 5.36. The quantitative estimate of drug-likeness (QED) is 0.718. The fourth-order valence-electron chi connectivity index (χ4n) is 2.66. The van der Waals surface area contributed by atoms with Crippen LogP contribution in [-0.4, -0.2) is 37.7 Å². The maximum absolute atomic E-state index is 5.36. The third-order valence-corrected chi connectivity index (χ3v) is 3.76. The van der Waals surface area contributed by atoms with Crippen molar-refractivity contribution in [2.45, 2.75) is 46.5 Å². The Morgan fingerprint density at radius 3 is 2.12 bits per heavy atom. The zero-order chi connectivity index (χ0) is 11.8. The third-order valence-electron chi connectivity index (χ3n) is 3.76. The molecular formula is C14H29NO. The molecule has 1 aliphatic heterocycles. The molecule has 1 heterocycles. The summed E-state index contributed by atoms with van der Waals surface area (Å²) in [5.41, 5.74) is 0. The van der Waals surface area contributed by atoms with Crippen LogP contribution in [0, 0.1) is 11.8 Å². The van der Waals surface area contributed by atoms with E-state index in [1.54, 1.807) is 0 Å². The standard InChI is InChI=1S/C12H23NO.C2H6/c1-11-2-4-12(5-3-11)10-13-6-8-14-9-7-13;1-2/h11-12H,2-10H2,1H3;1-2H3. The number of hydrogen-bond acceptors (Lipinski definition) is 2. The molecule has 0 amide bonds. The zero-order valence-corrected chi connectivity index (χ0v) is 11.4. The second-order valence-electron chi connectivity index (χ2n) is 5.04. The van der Waals surface area contributed by atoms with Crippen LogP contribution in [0.2, 0.25) is 0 Å². The van der Waals surface area contributed by atoms with Crippen LogP contribution in [0.25, 0.3) is 0 Å². The topological polar surface area (TPSA) is 12.5 Å². The first-order valence-corrected chi connectivity index (χ1v) is 7.14. The lowest BCUT2D eigenvalue weighted by Crippen LogP contribution is -2.40. The van der Waals surface area contributed by atoms with Gasteiger partial charge in [-0.3, -0.25) is 4.90 Å². The first kappa shape index (κ1) is 14.0. The second-order valence-corrected chi connectivity index (χ2v) is 5.04. The summed E-state index contributed by atoms with van der Waals surface area (Å²) in [6, 6.07) is 0. The zero-order valence-electron chi connectivity index (χ0n) is 11.4. The normalized spacial score (nSPS) is 31.7. The smallest absolute Gasteiger partial charge is 0.0594 e. The van der Waals surface area contributed by atoms with Crippen LogP contribution >= 0.6 is 0 Å². The second kappa shape index (κ2) is 8.08. The largest absolute Gasteiger partial charge is 0.379 e. The third kappa shape index (κ3) is 4.84. The first-order valence-electron chi connectivity index (χ1n) is 7.14. The van der Waals surface area contributed by atoms with Gasteiger partial charge >= 0.3 is 0 Å². The SMILES string of the molecule is CC.CC1CCC(CN2CCOCC2)CC1. The molecule has 0 aromatic heterocycles. The van der Waals surface area contributed by atoms with Gasteiger partial charge in [-0.1, -0.05) is 33.6 Å². The lowest BCUT2D eigenvalue weighted by molar-refractivity contribution is 0.0267. The van der Waals surface area contributed by atoms with Gasteiger partial charge in [0.15, 0.2) is 0 Å². The fourth-order valence-corrected chi connectivity index (χ4v) is 2.66. The van der Waals surface area contributed by atoms with Gasteiger partial charge in [0.1, 0.15) is 0 Å². The Labute approximate surface area is 101 Å². The van der Waals surface area contributed by atoms with Crippen molar-refractivity contribution in [3.8, 4) is 0 Å². The van der Waals surface area contributed by atoms with Crippen molar-refractivity contribution < 1.29 is 4.74 Å².